The zero-order valence-electron chi connectivity index (χ0n) is 21.6. The van der Waals surface area contributed by atoms with Gasteiger partial charge in [0.2, 0.25) is 5.91 Å². The van der Waals surface area contributed by atoms with Crippen LogP contribution in [0.1, 0.15) is 22.8 Å². The van der Waals surface area contributed by atoms with Crippen LogP contribution < -0.4 is 27.0 Å². The molecule has 38 heavy (non-hydrogen) atoms. The van der Waals surface area contributed by atoms with Gasteiger partial charge < -0.3 is 31.9 Å². The lowest BCUT2D eigenvalue weighted by molar-refractivity contribution is -0.117. The Hall–Kier alpha value is -3.66. The van der Waals surface area contributed by atoms with E-state index in [0.29, 0.717) is 11.4 Å². The van der Waals surface area contributed by atoms with Crippen LogP contribution in [0.4, 0.5) is 27.1 Å². The number of benzene rings is 3. The van der Waals surface area contributed by atoms with Gasteiger partial charge >= 0.3 is 0 Å². The van der Waals surface area contributed by atoms with E-state index in [1.54, 1.807) is 19.1 Å². The number of hydrogen-bond donors (Lipinski definition) is 4. The van der Waals surface area contributed by atoms with E-state index < -0.39 is 17.8 Å². The maximum Gasteiger partial charge on any atom is 0.257 e. The van der Waals surface area contributed by atoms with Crippen LogP contribution in [0.25, 0.3) is 11.1 Å². The van der Waals surface area contributed by atoms with Crippen LogP contribution in [0.5, 0.6) is 0 Å². The molecule has 0 spiro atoms. The lowest BCUT2D eigenvalue weighted by Crippen LogP contribution is -2.44. The Morgan fingerprint density at radius 3 is 2.26 bits per heavy atom. The van der Waals surface area contributed by atoms with Gasteiger partial charge in [-0.25, -0.2) is 4.39 Å². The highest BCUT2D eigenvalue weighted by Gasteiger charge is 2.22. The van der Waals surface area contributed by atoms with Crippen molar-refractivity contribution in [3.63, 3.8) is 0 Å². The first kappa shape index (κ1) is 27.4. The molecule has 1 aliphatic heterocycles. The number of carbonyl (C=O) groups excluding carboxylic acids is 2. The summed E-state index contributed by atoms with van der Waals surface area (Å²) < 4.78 is 14.2. The molecule has 200 valence electrons. The largest absolute Gasteiger partial charge is 0.396 e. The second kappa shape index (κ2) is 11.4. The van der Waals surface area contributed by atoms with Gasteiger partial charge in [-0.05, 0) is 62.4 Å². The molecule has 1 saturated heterocycles. The molecule has 1 aliphatic rings. The SMILES string of the molecule is Cc1c(F)c(N)cc(C(=O)Nc2cc(-c3ccc(NC(=O)C(C)N)cc3)ccc2N2CCN(C)CC2)c1Cl. The first-order valence-corrected chi connectivity index (χ1v) is 12.7. The second-order valence-electron chi connectivity index (χ2n) is 9.60. The second-order valence-corrected chi connectivity index (χ2v) is 9.98. The van der Waals surface area contributed by atoms with Crippen molar-refractivity contribution in [2.24, 2.45) is 5.73 Å². The van der Waals surface area contributed by atoms with Crippen molar-refractivity contribution in [3.8, 4) is 11.1 Å². The van der Waals surface area contributed by atoms with E-state index in [9.17, 15) is 14.0 Å². The molecule has 1 fully saturated rings. The number of amides is 2. The Morgan fingerprint density at radius 1 is 1.00 bits per heavy atom. The molecule has 4 rings (SSSR count). The molecule has 10 heteroatoms. The fourth-order valence-electron chi connectivity index (χ4n) is 4.29. The molecule has 0 bridgehead atoms. The Bertz CT molecular complexity index is 1350. The predicted octanol–water partition coefficient (Wildman–Crippen LogP) is 4.33. The highest BCUT2D eigenvalue weighted by Crippen LogP contribution is 2.34. The van der Waals surface area contributed by atoms with Crippen LogP contribution in [0.2, 0.25) is 5.02 Å². The van der Waals surface area contributed by atoms with E-state index in [4.69, 9.17) is 23.1 Å². The molecule has 0 radical (unpaired) electrons. The summed E-state index contributed by atoms with van der Waals surface area (Å²) in [6, 6.07) is 13.9. The van der Waals surface area contributed by atoms with Gasteiger partial charge in [-0.2, -0.15) is 0 Å². The van der Waals surface area contributed by atoms with Crippen LogP contribution >= 0.6 is 11.6 Å². The number of nitrogens with zero attached hydrogens (tertiary/aromatic N) is 2. The molecule has 2 amide bonds. The van der Waals surface area contributed by atoms with Crippen LogP contribution in [-0.4, -0.2) is 56.0 Å². The first-order chi connectivity index (χ1) is 18.0. The minimum atomic E-state index is -0.632. The van der Waals surface area contributed by atoms with Crippen molar-refractivity contribution in [2.45, 2.75) is 19.9 Å². The van der Waals surface area contributed by atoms with Crippen molar-refractivity contribution in [3.05, 3.63) is 70.5 Å². The van der Waals surface area contributed by atoms with E-state index in [1.165, 1.54) is 13.0 Å². The summed E-state index contributed by atoms with van der Waals surface area (Å²) in [5.74, 6) is -1.38. The standard InChI is InChI=1S/C28H32ClFN6O2/c1-16-25(29)21(15-22(32)26(16)30)28(38)34-23-14-19(6-9-24(23)36-12-10-35(3)11-13-36)18-4-7-20(8-5-18)33-27(37)17(2)31/h4-9,14-15,17H,10-13,31-32H2,1-3H3,(H,33,37)(H,34,38). The number of nitrogens with two attached hydrogens (primary N) is 2. The summed E-state index contributed by atoms with van der Waals surface area (Å²) in [6.07, 6.45) is 0. The summed E-state index contributed by atoms with van der Waals surface area (Å²) in [7, 11) is 2.08. The third-order valence-corrected chi connectivity index (χ3v) is 7.17. The van der Waals surface area contributed by atoms with Crippen molar-refractivity contribution >= 4 is 46.2 Å². The Morgan fingerprint density at radius 2 is 1.63 bits per heavy atom. The molecule has 0 aliphatic carbocycles. The molecule has 0 saturated carbocycles. The number of nitrogens with one attached hydrogen (secondary N) is 2. The van der Waals surface area contributed by atoms with Crippen LogP contribution in [0.3, 0.4) is 0 Å². The van der Waals surface area contributed by atoms with Gasteiger partial charge in [0.05, 0.1) is 33.7 Å². The number of likely N-dealkylation sites (N-methyl/N-ethyl adjacent to an activating group) is 1. The zero-order chi connectivity index (χ0) is 27.6. The van der Waals surface area contributed by atoms with Crippen molar-refractivity contribution in [2.75, 3.05) is 54.5 Å². The maximum absolute atomic E-state index is 14.2. The number of hydrogen-bond acceptors (Lipinski definition) is 6. The zero-order valence-corrected chi connectivity index (χ0v) is 22.4. The van der Waals surface area contributed by atoms with E-state index >= 15 is 0 Å². The first-order valence-electron chi connectivity index (χ1n) is 12.3. The van der Waals surface area contributed by atoms with E-state index in [2.05, 4.69) is 27.5 Å². The average Bonchev–Trinajstić information content (AvgIpc) is 2.90. The molecule has 1 heterocycles. The number of rotatable bonds is 6. The lowest BCUT2D eigenvalue weighted by Gasteiger charge is -2.35. The molecule has 1 unspecified atom stereocenters. The molecule has 0 aromatic heterocycles. The van der Waals surface area contributed by atoms with E-state index in [0.717, 1.165) is 43.0 Å². The molecule has 8 nitrogen and oxygen atoms in total. The molecular weight excluding hydrogens is 507 g/mol. The summed E-state index contributed by atoms with van der Waals surface area (Å²) >= 11 is 6.32. The number of halogens is 2. The molecule has 6 N–H and O–H groups in total. The van der Waals surface area contributed by atoms with Crippen LogP contribution in [-0.2, 0) is 4.79 Å². The number of nitrogen functional groups attached to an aromatic ring is 1. The van der Waals surface area contributed by atoms with Crippen LogP contribution in [0, 0.1) is 12.7 Å². The fraction of sp³-hybridized carbons (Fsp3) is 0.286. The van der Waals surface area contributed by atoms with E-state index in [1.807, 2.05) is 30.3 Å². The van der Waals surface area contributed by atoms with Gasteiger partial charge in [0, 0.05) is 37.4 Å². The molecule has 3 aromatic rings. The van der Waals surface area contributed by atoms with Crippen molar-refractivity contribution in [1.29, 1.82) is 0 Å². The average molecular weight is 539 g/mol. The Labute approximate surface area is 226 Å². The summed E-state index contributed by atoms with van der Waals surface area (Å²) in [4.78, 5) is 29.7. The number of anilines is 4. The monoisotopic (exact) mass is 538 g/mol. The van der Waals surface area contributed by atoms with Crippen molar-refractivity contribution < 1.29 is 14.0 Å². The van der Waals surface area contributed by atoms with Gasteiger partial charge in [-0.3, -0.25) is 9.59 Å². The van der Waals surface area contributed by atoms with Gasteiger partial charge in [-0.15, -0.1) is 0 Å². The Kier molecular flexibility index (Phi) is 8.20. The lowest BCUT2D eigenvalue weighted by atomic mass is 10.0. The fourth-order valence-corrected chi connectivity index (χ4v) is 4.52. The minimum Gasteiger partial charge on any atom is -0.396 e. The van der Waals surface area contributed by atoms with Gasteiger partial charge in [0.25, 0.3) is 5.91 Å². The van der Waals surface area contributed by atoms with Gasteiger partial charge in [-0.1, -0.05) is 29.8 Å². The van der Waals surface area contributed by atoms with Crippen molar-refractivity contribution in [1.82, 2.24) is 4.90 Å². The summed E-state index contributed by atoms with van der Waals surface area (Å²) in [5.41, 5.74) is 15.4. The number of piperazine rings is 1. The smallest absolute Gasteiger partial charge is 0.257 e. The third-order valence-electron chi connectivity index (χ3n) is 6.68. The summed E-state index contributed by atoms with van der Waals surface area (Å²) in [6.45, 7) is 6.50. The molecule has 3 aromatic carbocycles. The van der Waals surface area contributed by atoms with Gasteiger partial charge in [0.1, 0.15) is 0 Å². The highest BCUT2D eigenvalue weighted by molar-refractivity contribution is 6.35. The predicted molar refractivity (Wildman–Crippen MR) is 152 cm³/mol. The highest BCUT2D eigenvalue weighted by atomic mass is 35.5. The van der Waals surface area contributed by atoms with E-state index in [-0.39, 0.29) is 27.7 Å². The van der Waals surface area contributed by atoms with Gasteiger partial charge in [0.15, 0.2) is 5.82 Å². The normalized spacial score (nSPS) is 14.7. The quantitative estimate of drug-likeness (QED) is 0.347. The topological polar surface area (TPSA) is 117 Å². The van der Waals surface area contributed by atoms with Crippen LogP contribution in [0.15, 0.2) is 48.5 Å². The molecular formula is C28H32ClFN6O2. The number of carbonyl (C=O) groups is 2. The molecule has 1 atom stereocenters. The Balaban J connectivity index is 1.68. The third kappa shape index (κ3) is 5.91. The maximum atomic E-state index is 14.2. The minimum absolute atomic E-state index is 0.0240. The summed E-state index contributed by atoms with van der Waals surface area (Å²) in [5, 5.41) is 5.78.